The van der Waals surface area contributed by atoms with E-state index in [-0.39, 0.29) is 78.7 Å². The van der Waals surface area contributed by atoms with E-state index in [0.29, 0.717) is 44.8 Å². The van der Waals surface area contributed by atoms with Crippen LogP contribution in [0.5, 0.6) is 11.8 Å². The van der Waals surface area contributed by atoms with Crippen molar-refractivity contribution in [3.63, 3.8) is 0 Å². The summed E-state index contributed by atoms with van der Waals surface area (Å²) in [5.74, 6) is -0.940. The normalized spacial score (nSPS) is 24.1. The highest BCUT2D eigenvalue weighted by Crippen LogP contribution is 2.51. The molecule has 1 amide bonds. The molecule has 15 heteroatoms. The summed E-state index contributed by atoms with van der Waals surface area (Å²) in [6.45, 7) is 2.69. The number of nitrogens with zero attached hydrogens (tertiary/aromatic N) is 6. The van der Waals surface area contributed by atoms with Crippen LogP contribution in [0.15, 0.2) is 12.1 Å². The number of nitrogen functional groups attached to an aromatic ring is 1. The number of rotatable bonds is 5. The topological polar surface area (TPSA) is 121 Å². The number of hydrogen-bond acceptors (Lipinski definition) is 10. The highest BCUT2D eigenvalue weighted by Gasteiger charge is 2.49. The van der Waals surface area contributed by atoms with Crippen molar-refractivity contribution in [2.75, 3.05) is 56.6 Å². The van der Waals surface area contributed by atoms with Crippen molar-refractivity contribution in [1.82, 2.24) is 19.8 Å². The Kier molecular flexibility index (Phi) is 7.27. The number of nitrogens with two attached hydrogens (primary N) is 1. The highest BCUT2D eigenvalue weighted by atomic mass is 35.5. The third kappa shape index (κ3) is 4.65. The molecule has 0 saturated carbocycles. The number of carbonyl (C=O) groups excluding carboxylic acids is 1. The van der Waals surface area contributed by atoms with Crippen molar-refractivity contribution in [3.05, 3.63) is 34.4 Å². The molecule has 3 fully saturated rings. The van der Waals surface area contributed by atoms with Crippen molar-refractivity contribution in [1.29, 1.82) is 5.26 Å². The molecule has 244 valence electrons. The second-order valence-electron chi connectivity index (χ2n) is 12.6. The zero-order valence-corrected chi connectivity index (χ0v) is 26.6. The fourth-order valence-corrected chi connectivity index (χ4v) is 9.06. The van der Waals surface area contributed by atoms with E-state index in [2.05, 4.69) is 9.88 Å². The summed E-state index contributed by atoms with van der Waals surface area (Å²) < 4.78 is 59.3. The molecule has 2 N–H and O–H groups in total. The van der Waals surface area contributed by atoms with Crippen LogP contribution in [0.25, 0.3) is 32.1 Å². The Morgan fingerprint density at radius 3 is 2.89 bits per heavy atom. The van der Waals surface area contributed by atoms with Gasteiger partial charge in [0.1, 0.15) is 47.6 Å². The molecule has 2 aromatic heterocycles. The summed E-state index contributed by atoms with van der Waals surface area (Å²) >= 11 is 7.91. The molecule has 3 atom stereocenters. The van der Waals surface area contributed by atoms with Gasteiger partial charge in [-0.3, -0.25) is 9.69 Å². The number of aromatic nitrogens is 2. The lowest BCUT2D eigenvalue weighted by Crippen LogP contribution is -2.43. The number of benzene rings is 2. The number of alkyl halides is 1. The number of halogens is 4. The molecule has 0 bridgehead atoms. The van der Waals surface area contributed by atoms with E-state index in [1.807, 2.05) is 11.0 Å². The van der Waals surface area contributed by atoms with E-state index in [0.717, 1.165) is 37.1 Å². The van der Waals surface area contributed by atoms with E-state index in [1.165, 1.54) is 12.1 Å². The third-order valence-electron chi connectivity index (χ3n) is 10.0. The second-order valence-corrected chi connectivity index (χ2v) is 14.0. The molecule has 0 radical (unpaired) electrons. The zero-order valence-electron chi connectivity index (χ0n) is 25.1. The van der Waals surface area contributed by atoms with Gasteiger partial charge in [0, 0.05) is 43.5 Å². The molecule has 8 rings (SSSR count). The van der Waals surface area contributed by atoms with Crippen LogP contribution < -0.4 is 20.1 Å². The van der Waals surface area contributed by atoms with Gasteiger partial charge in [0.25, 0.3) is 0 Å². The molecular formula is C32H29ClF3N7O3S. The van der Waals surface area contributed by atoms with Gasteiger partial charge in [0.2, 0.25) is 6.41 Å². The van der Waals surface area contributed by atoms with Crippen LogP contribution >= 0.6 is 22.9 Å². The van der Waals surface area contributed by atoms with Crippen LogP contribution in [0.3, 0.4) is 0 Å². The predicted molar refractivity (Wildman–Crippen MR) is 172 cm³/mol. The zero-order chi connectivity index (χ0) is 32.6. The first-order chi connectivity index (χ1) is 22.7. The fourth-order valence-electron chi connectivity index (χ4n) is 7.77. The van der Waals surface area contributed by atoms with Crippen molar-refractivity contribution in [2.24, 2.45) is 0 Å². The van der Waals surface area contributed by atoms with Crippen molar-refractivity contribution >= 4 is 61.2 Å². The predicted octanol–water partition coefficient (Wildman–Crippen LogP) is 5.28. The second kappa shape index (κ2) is 11.3. The highest BCUT2D eigenvalue weighted by molar-refractivity contribution is 7.23. The van der Waals surface area contributed by atoms with Gasteiger partial charge in [-0.25, -0.2) is 13.2 Å². The minimum atomic E-state index is -0.960. The molecule has 2 aromatic carbocycles. The maximum Gasteiger partial charge on any atom is 0.319 e. The number of nitriles is 1. The fraction of sp³-hybridized carbons (Fsp3) is 0.438. The van der Waals surface area contributed by atoms with Crippen molar-refractivity contribution in [2.45, 2.75) is 43.4 Å². The quantitative estimate of drug-likeness (QED) is 0.280. The lowest BCUT2D eigenvalue weighted by molar-refractivity contribution is -0.117. The molecule has 4 aliphatic heterocycles. The van der Waals surface area contributed by atoms with E-state index in [1.54, 1.807) is 4.90 Å². The molecule has 47 heavy (non-hydrogen) atoms. The number of amides is 1. The minimum absolute atomic E-state index is 0.0189. The van der Waals surface area contributed by atoms with E-state index in [4.69, 9.17) is 31.8 Å². The molecule has 6 heterocycles. The Bertz CT molecular complexity index is 2010. The van der Waals surface area contributed by atoms with Gasteiger partial charge in [0.05, 0.1) is 32.3 Å². The number of hydrogen-bond donors (Lipinski definition) is 1. The summed E-state index contributed by atoms with van der Waals surface area (Å²) in [5, 5.41) is 10.3. The maximum absolute atomic E-state index is 17.1. The monoisotopic (exact) mass is 683 g/mol. The number of thiophene rings is 1. The van der Waals surface area contributed by atoms with Gasteiger partial charge in [-0.2, -0.15) is 15.2 Å². The molecule has 4 aliphatic rings. The number of fused-ring (bicyclic) bond motifs is 4. The van der Waals surface area contributed by atoms with Crippen LogP contribution in [-0.4, -0.2) is 89.9 Å². The van der Waals surface area contributed by atoms with Crippen LogP contribution in [0.2, 0.25) is 5.02 Å². The minimum Gasteiger partial charge on any atom is -0.489 e. The Morgan fingerprint density at radius 1 is 1.23 bits per heavy atom. The Balaban J connectivity index is 1.34. The average Bonchev–Trinajstić information content (AvgIpc) is 3.60. The molecule has 3 saturated heterocycles. The lowest BCUT2D eigenvalue weighted by atomic mass is 9.95. The first-order valence-corrected chi connectivity index (χ1v) is 16.7. The number of anilines is 2. The Labute approximate surface area is 276 Å². The molecule has 1 unspecified atom stereocenters. The summed E-state index contributed by atoms with van der Waals surface area (Å²) in [6.07, 6.45) is 2.41. The summed E-state index contributed by atoms with van der Waals surface area (Å²) in [6, 6.07) is 4.24. The lowest BCUT2D eigenvalue weighted by Gasteiger charge is -2.31. The van der Waals surface area contributed by atoms with Gasteiger partial charge in [-0.05, 0) is 37.4 Å². The molecule has 4 aromatic rings. The van der Waals surface area contributed by atoms with Crippen molar-refractivity contribution in [3.8, 4) is 29.0 Å². The van der Waals surface area contributed by atoms with Crippen LogP contribution in [0, 0.1) is 23.0 Å². The third-order valence-corrected chi connectivity index (χ3v) is 11.4. The molecule has 0 aliphatic carbocycles. The first kappa shape index (κ1) is 30.3. The van der Waals surface area contributed by atoms with E-state index in [9.17, 15) is 18.8 Å². The SMILES string of the molecule is N#Cc1c(N)sc2c(F)ccc(-c3c(Cl)c4c5c(nc(OC[C@@]67CCCN6C[C@H](F)C7)nc5c3F)N3CCN(C=O)CCC3CO4)c12. The smallest absolute Gasteiger partial charge is 0.319 e. The maximum atomic E-state index is 17.1. The van der Waals surface area contributed by atoms with E-state index < -0.39 is 23.3 Å². The molecular weight excluding hydrogens is 655 g/mol. The van der Waals surface area contributed by atoms with Crippen LogP contribution in [0.4, 0.5) is 24.0 Å². The summed E-state index contributed by atoms with van der Waals surface area (Å²) in [4.78, 5) is 26.8. The van der Waals surface area contributed by atoms with Gasteiger partial charge in [0.15, 0.2) is 11.6 Å². The standard InChI is InChI=1S/C32H29ClF3N7O3S/c33-24-22(18-2-3-20(35)28-21(18)19(11-37)29(38)47-28)25(36)26-23-27(24)45-13-17-4-7-41(15-44)8-9-43(17)30(23)40-31(39-26)46-14-32-5-1-6-42(32)12-16(34)10-32/h2-3,15-17H,1,4-10,12-14,38H2/t16-,17?,32+/m1/s1. The summed E-state index contributed by atoms with van der Waals surface area (Å²) in [5.41, 5.74) is 5.52. The molecule has 0 spiro atoms. The van der Waals surface area contributed by atoms with Gasteiger partial charge >= 0.3 is 6.01 Å². The van der Waals surface area contributed by atoms with Crippen LogP contribution in [-0.2, 0) is 4.79 Å². The molecule has 10 nitrogen and oxygen atoms in total. The number of ether oxygens (including phenoxy) is 2. The van der Waals surface area contributed by atoms with Crippen LogP contribution in [0.1, 0.15) is 31.2 Å². The van der Waals surface area contributed by atoms with Crippen molar-refractivity contribution < 1.29 is 27.4 Å². The largest absolute Gasteiger partial charge is 0.489 e. The first-order valence-electron chi connectivity index (χ1n) is 15.5. The summed E-state index contributed by atoms with van der Waals surface area (Å²) in [7, 11) is 0. The van der Waals surface area contributed by atoms with Gasteiger partial charge in [-0.1, -0.05) is 17.7 Å². The Hall–Kier alpha value is -4.06. The van der Waals surface area contributed by atoms with Gasteiger partial charge < -0.3 is 25.0 Å². The van der Waals surface area contributed by atoms with E-state index >= 15 is 4.39 Å². The Morgan fingerprint density at radius 2 is 2.09 bits per heavy atom. The number of carbonyl (C=O) groups is 1. The average molecular weight is 684 g/mol. The van der Waals surface area contributed by atoms with Gasteiger partial charge in [-0.15, -0.1) is 11.3 Å².